The Morgan fingerprint density at radius 1 is 1.07 bits per heavy atom. The van der Waals surface area contributed by atoms with E-state index in [0.29, 0.717) is 0 Å². The van der Waals surface area contributed by atoms with Crippen LogP contribution in [0.1, 0.15) is 61.5 Å². The molecule has 0 radical (unpaired) electrons. The first-order valence-corrected chi connectivity index (χ1v) is 11.6. The van der Waals surface area contributed by atoms with Gasteiger partial charge in [0.15, 0.2) is 0 Å². The van der Waals surface area contributed by atoms with Crippen molar-refractivity contribution in [3.05, 3.63) is 83.3 Å². The molecule has 1 N–H and O–H groups in total. The molecule has 3 heteroatoms. The molecule has 1 aromatic carbocycles. The maximum absolute atomic E-state index is 5.00. The Balaban J connectivity index is 1.71. The van der Waals surface area contributed by atoms with E-state index in [1.165, 1.54) is 61.9 Å². The van der Waals surface area contributed by atoms with Crippen LogP contribution in [0.2, 0.25) is 0 Å². The molecule has 160 valence electrons. The Kier molecular flexibility index (Phi) is 9.17. The molecule has 0 atom stereocenters. The molecule has 3 nitrogen and oxygen atoms in total. The normalized spacial score (nSPS) is 15.2. The minimum Gasteiger partial charge on any atom is -0.391 e. The predicted molar refractivity (Wildman–Crippen MR) is 129 cm³/mol. The lowest BCUT2D eigenvalue weighted by Crippen LogP contribution is -2.19. The summed E-state index contributed by atoms with van der Waals surface area (Å²) in [7, 11) is 0. The Morgan fingerprint density at radius 2 is 1.87 bits per heavy atom. The highest BCUT2D eigenvalue weighted by Crippen LogP contribution is 2.23. The van der Waals surface area contributed by atoms with Crippen LogP contribution in [0.25, 0.3) is 5.57 Å². The Morgan fingerprint density at radius 3 is 2.63 bits per heavy atom. The number of nitrogens with zero attached hydrogens (tertiary/aromatic N) is 2. The molecule has 2 heterocycles. The number of benzene rings is 1. The van der Waals surface area contributed by atoms with E-state index < -0.39 is 0 Å². The van der Waals surface area contributed by atoms with Crippen LogP contribution < -0.4 is 5.32 Å². The molecule has 1 fully saturated rings. The van der Waals surface area contributed by atoms with E-state index in [1.54, 1.807) is 0 Å². The lowest BCUT2D eigenvalue weighted by atomic mass is 10.00. The van der Waals surface area contributed by atoms with E-state index in [2.05, 4.69) is 84.9 Å². The smallest absolute Gasteiger partial charge is 0.0708 e. The highest BCUT2D eigenvalue weighted by atomic mass is 15.1. The molecule has 0 unspecified atom stereocenters. The fourth-order valence-electron chi connectivity index (χ4n) is 3.86. The Labute approximate surface area is 182 Å². The second kappa shape index (κ2) is 12.3. The van der Waals surface area contributed by atoms with Crippen LogP contribution in [0.3, 0.4) is 0 Å². The molecule has 0 bridgehead atoms. The standard InChI is InChI=1S/C27H37N3/c1-3-4-5-18-28-19-9-11-25-10-8-12-27(29-25)26(17-22-30-20-6-7-21-30)24-15-13-23(2)14-16-24/h8-10,12-17,19,28H,3-7,11,18,20-22H2,1-2H3. The van der Waals surface area contributed by atoms with E-state index in [0.717, 1.165) is 30.9 Å². The van der Waals surface area contributed by atoms with Gasteiger partial charge in [-0.2, -0.15) is 0 Å². The summed E-state index contributed by atoms with van der Waals surface area (Å²) in [5.41, 5.74) is 5.96. The number of pyridine rings is 1. The molecule has 3 rings (SSSR count). The van der Waals surface area contributed by atoms with Crippen LogP contribution in [-0.2, 0) is 6.42 Å². The molecule has 1 aromatic heterocycles. The molecule has 1 aliphatic heterocycles. The van der Waals surface area contributed by atoms with Crippen molar-refractivity contribution in [1.29, 1.82) is 0 Å². The molecule has 1 aliphatic rings. The van der Waals surface area contributed by atoms with Crippen LogP contribution in [0.4, 0.5) is 0 Å². The Hall–Kier alpha value is -2.39. The average Bonchev–Trinajstić information content (AvgIpc) is 3.28. The Bertz CT molecular complexity index is 814. The quantitative estimate of drug-likeness (QED) is 0.484. The minimum absolute atomic E-state index is 0.849. The highest BCUT2D eigenvalue weighted by molar-refractivity contribution is 5.78. The van der Waals surface area contributed by atoms with Crippen molar-refractivity contribution in [2.45, 2.75) is 52.4 Å². The number of nitrogens with one attached hydrogen (secondary N) is 1. The fourth-order valence-corrected chi connectivity index (χ4v) is 3.86. The van der Waals surface area contributed by atoms with Crippen molar-refractivity contribution in [1.82, 2.24) is 15.2 Å². The van der Waals surface area contributed by atoms with Gasteiger partial charge in [-0.1, -0.05) is 67.8 Å². The third kappa shape index (κ3) is 7.14. The van der Waals surface area contributed by atoms with E-state index in [9.17, 15) is 0 Å². The van der Waals surface area contributed by atoms with Gasteiger partial charge >= 0.3 is 0 Å². The summed E-state index contributed by atoms with van der Waals surface area (Å²) in [5.74, 6) is 0. The van der Waals surface area contributed by atoms with Gasteiger partial charge in [-0.3, -0.25) is 9.88 Å². The molecule has 2 aromatic rings. The predicted octanol–water partition coefficient (Wildman–Crippen LogP) is 5.75. The van der Waals surface area contributed by atoms with Gasteiger partial charge in [-0.15, -0.1) is 0 Å². The number of hydrogen-bond donors (Lipinski definition) is 1. The van der Waals surface area contributed by atoms with E-state index in [-0.39, 0.29) is 0 Å². The molecule has 30 heavy (non-hydrogen) atoms. The van der Waals surface area contributed by atoms with Gasteiger partial charge in [0.1, 0.15) is 0 Å². The van der Waals surface area contributed by atoms with E-state index >= 15 is 0 Å². The van der Waals surface area contributed by atoms with Crippen LogP contribution in [0, 0.1) is 6.92 Å². The molecular formula is C27H37N3. The number of aryl methyl sites for hydroxylation is 1. The van der Waals surface area contributed by atoms with E-state index in [1.807, 2.05) is 0 Å². The summed E-state index contributed by atoms with van der Waals surface area (Å²) in [6.45, 7) is 8.84. The zero-order valence-electron chi connectivity index (χ0n) is 18.7. The van der Waals surface area contributed by atoms with Crippen molar-refractivity contribution in [3.63, 3.8) is 0 Å². The largest absolute Gasteiger partial charge is 0.391 e. The van der Waals surface area contributed by atoms with Crippen LogP contribution >= 0.6 is 0 Å². The zero-order chi connectivity index (χ0) is 21.0. The van der Waals surface area contributed by atoms with E-state index in [4.69, 9.17) is 4.98 Å². The molecular weight excluding hydrogens is 366 g/mol. The van der Waals surface area contributed by atoms with Crippen molar-refractivity contribution >= 4 is 5.57 Å². The summed E-state index contributed by atoms with van der Waals surface area (Å²) < 4.78 is 0. The van der Waals surface area contributed by atoms with Crippen molar-refractivity contribution in [3.8, 4) is 0 Å². The number of rotatable bonds is 11. The number of likely N-dealkylation sites (tertiary alicyclic amines) is 1. The van der Waals surface area contributed by atoms with Gasteiger partial charge in [-0.05, 0) is 63.2 Å². The maximum Gasteiger partial charge on any atom is 0.0708 e. The SMILES string of the molecule is CCCCCNC=CCc1cccc(C(=CCN2CCCC2)c2ccc(C)cc2)n1. The maximum atomic E-state index is 5.00. The highest BCUT2D eigenvalue weighted by Gasteiger charge is 2.12. The molecule has 0 amide bonds. The second-order valence-electron chi connectivity index (χ2n) is 8.27. The lowest BCUT2D eigenvalue weighted by Gasteiger charge is -2.14. The van der Waals surface area contributed by atoms with Gasteiger partial charge in [-0.25, -0.2) is 0 Å². The number of allylic oxidation sites excluding steroid dienone is 1. The summed E-state index contributed by atoms with van der Waals surface area (Å²) in [4.78, 5) is 7.53. The molecule has 0 saturated carbocycles. The number of hydrogen-bond acceptors (Lipinski definition) is 3. The van der Waals surface area contributed by atoms with Gasteiger partial charge < -0.3 is 5.32 Å². The van der Waals surface area contributed by atoms with Crippen molar-refractivity contribution < 1.29 is 0 Å². The topological polar surface area (TPSA) is 28.2 Å². The summed E-state index contributed by atoms with van der Waals surface area (Å²) >= 11 is 0. The average molecular weight is 404 g/mol. The van der Waals surface area contributed by atoms with Crippen molar-refractivity contribution in [2.75, 3.05) is 26.2 Å². The lowest BCUT2D eigenvalue weighted by molar-refractivity contribution is 0.377. The number of aromatic nitrogens is 1. The van der Waals surface area contributed by atoms with Crippen LogP contribution in [0.5, 0.6) is 0 Å². The molecule has 0 aliphatic carbocycles. The summed E-state index contributed by atoms with van der Waals surface area (Å²) in [5, 5.41) is 3.39. The summed E-state index contributed by atoms with van der Waals surface area (Å²) in [6, 6.07) is 15.2. The van der Waals surface area contributed by atoms with Crippen LogP contribution in [-0.4, -0.2) is 36.1 Å². The number of unbranched alkanes of at least 4 members (excludes halogenated alkanes) is 2. The minimum atomic E-state index is 0.849. The third-order valence-corrected chi connectivity index (χ3v) is 5.68. The van der Waals surface area contributed by atoms with Gasteiger partial charge in [0, 0.05) is 30.8 Å². The van der Waals surface area contributed by atoms with Crippen LogP contribution in [0.15, 0.2) is 60.8 Å². The summed E-state index contributed by atoms with van der Waals surface area (Å²) in [6.07, 6.45) is 13.9. The first-order valence-electron chi connectivity index (χ1n) is 11.6. The van der Waals surface area contributed by atoms with Gasteiger partial charge in [0.05, 0.1) is 5.69 Å². The monoisotopic (exact) mass is 403 g/mol. The third-order valence-electron chi connectivity index (χ3n) is 5.68. The molecule has 1 saturated heterocycles. The zero-order valence-corrected chi connectivity index (χ0v) is 18.7. The molecule has 0 spiro atoms. The van der Waals surface area contributed by atoms with Gasteiger partial charge in [0.2, 0.25) is 0 Å². The fraction of sp³-hybridized carbons (Fsp3) is 0.444. The second-order valence-corrected chi connectivity index (χ2v) is 8.27. The van der Waals surface area contributed by atoms with Crippen molar-refractivity contribution in [2.24, 2.45) is 0 Å². The first kappa shape index (κ1) is 22.3. The first-order chi connectivity index (χ1) is 14.8. The van der Waals surface area contributed by atoms with Gasteiger partial charge in [0.25, 0.3) is 0 Å².